The fraction of sp³-hybridized carbons (Fsp3) is 0.357. The number of rotatable bonds is 7. The second-order valence-electron chi connectivity index (χ2n) is 9.50. The van der Waals surface area contributed by atoms with Crippen molar-refractivity contribution >= 4 is 45.8 Å². The summed E-state index contributed by atoms with van der Waals surface area (Å²) in [6.45, 7) is 5.68. The van der Waals surface area contributed by atoms with Crippen LogP contribution in [0.15, 0.2) is 46.0 Å². The van der Waals surface area contributed by atoms with E-state index in [0.717, 1.165) is 4.57 Å². The van der Waals surface area contributed by atoms with E-state index >= 15 is 0 Å². The van der Waals surface area contributed by atoms with E-state index in [9.17, 15) is 24.0 Å². The van der Waals surface area contributed by atoms with Gasteiger partial charge in [0.1, 0.15) is 11.9 Å². The van der Waals surface area contributed by atoms with Crippen molar-refractivity contribution in [3.63, 3.8) is 0 Å². The predicted molar refractivity (Wildman–Crippen MR) is 147 cm³/mol. The number of aryl methyl sites for hydroxylation is 1. The van der Waals surface area contributed by atoms with Crippen LogP contribution in [0, 0.1) is 23.2 Å². The SMILES string of the molecule is CCn1c(=O)c2cc(NC(=O)[C@@H]3CN(C(C)=O)C[C@H]3C(=O)Cc3ccc(C#N)c(Cl)c3)ccc2n(CC)c1=O. The van der Waals surface area contributed by atoms with E-state index in [4.69, 9.17) is 16.9 Å². The second kappa shape index (κ2) is 11.3. The van der Waals surface area contributed by atoms with E-state index < -0.39 is 29.0 Å². The van der Waals surface area contributed by atoms with Crippen LogP contribution in [-0.4, -0.2) is 44.7 Å². The molecule has 10 nitrogen and oxygen atoms in total. The van der Waals surface area contributed by atoms with Gasteiger partial charge in [-0.2, -0.15) is 5.26 Å². The van der Waals surface area contributed by atoms with Gasteiger partial charge in [-0.3, -0.25) is 28.3 Å². The molecule has 0 spiro atoms. The Labute approximate surface area is 229 Å². The third kappa shape index (κ3) is 5.36. The molecule has 39 heavy (non-hydrogen) atoms. The molecule has 11 heteroatoms. The lowest BCUT2D eigenvalue weighted by molar-refractivity contribution is -0.128. The molecular formula is C28H28ClN5O5. The van der Waals surface area contributed by atoms with Gasteiger partial charge in [-0.25, -0.2) is 4.79 Å². The Hall–Kier alpha value is -4.23. The Morgan fingerprint density at radius 1 is 1.03 bits per heavy atom. The number of Topliss-reactive ketones (excluding diaryl/α,β-unsaturated/α-hetero) is 1. The largest absolute Gasteiger partial charge is 0.341 e. The summed E-state index contributed by atoms with van der Waals surface area (Å²) in [7, 11) is 0. The molecule has 1 saturated heterocycles. The smallest absolute Gasteiger partial charge is 0.331 e. The summed E-state index contributed by atoms with van der Waals surface area (Å²) < 4.78 is 2.64. The molecule has 0 unspecified atom stereocenters. The summed E-state index contributed by atoms with van der Waals surface area (Å²) in [6, 6.07) is 11.5. The number of halogens is 1. The number of hydrogen-bond acceptors (Lipinski definition) is 6. The summed E-state index contributed by atoms with van der Waals surface area (Å²) in [5, 5.41) is 12.4. The third-order valence-corrected chi connectivity index (χ3v) is 7.49. The van der Waals surface area contributed by atoms with Crippen molar-refractivity contribution < 1.29 is 14.4 Å². The Morgan fingerprint density at radius 2 is 1.72 bits per heavy atom. The highest BCUT2D eigenvalue weighted by atomic mass is 35.5. The zero-order valence-electron chi connectivity index (χ0n) is 21.9. The molecule has 1 N–H and O–H groups in total. The van der Waals surface area contributed by atoms with E-state index in [2.05, 4.69) is 5.32 Å². The molecule has 1 aromatic heterocycles. The zero-order chi connectivity index (χ0) is 28.4. The first kappa shape index (κ1) is 27.8. The molecule has 1 aliphatic rings. The Bertz CT molecular complexity index is 1650. The summed E-state index contributed by atoms with van der Waals surface area (Å²) in [6.07, 6.45) is -0.00724. The van der Waals surface area contributed by atoms with E-state index in [1.54, 1.807) is 31.2 Å². The molecule has 2 amide bonds. The molecular weight excluding hydrogens is 522 g/mol. The molecule has 0 saturated carbocycles. The van der Waals surface area contributed by atoms with Crippen LogP contribution >= 0.6 is 11.6 Å². The molecule has 2 aromatic carbocycles. The van der Waals surface area contributed by atoms with Gasteiger partial charge >= 0.3 is 5.69 Å². The lowest BCUT2D eigenvalue weighted by Crippen LogP contribution is -2.39. The predicted octanol–water partition coefficient (Wildman–Crippen LogP) is 2.57. The Balaban J connectivity index is 1.62. The number of nitrogens with zero attached hydrogens (tertiary/aromatic N) is 4. The highest BCUT2D eigenvalue weighted by Gasteiger charge is 2.42. The van der Waals surface area contributed by atoms with Crippen LogP contribution < -0.4 is 16.6 Å². The molecule has 0 radical (unpaired) electrons. The lowest BCUT2D eigenvalue weighted by atomic mass is 9.88. The number of carbonyl (C=O) groups excluding carboxylic acids is 3. The summed E-state index contributed by atoms with van der Waals surface area (Å²) >= 11 is 6.11. The monoisotopic (exact) mass is 549 g/mol. The van der Waals surface area contributed by atoms with Crippen molar-refractivity contribution in [3.8, 4) is 6.07 Å². The van der Waals surface area contributed by atoms with Crippen LogP contribution in [-0.2, 0) is 33.9 Å². The van der Waals surface area contributed by atoms with Gasteiger partial charge in [0, 0.05) is 51.1 Å². The average Bonchev–Trinajstić information content (AvgIpc) is 3.36. The summed E-state index contributed by atoms with van der Waals surface area (Å²) in [5.74, 6) is -2.47. The van der Waals surface area contributed by atoms with Gasteiger partial charge in [0.05, 0.1) is 27.4 Å². The normalized spacial score (nSPS) is 16.7. The van der Waals surface area contributed by atoms with Crippen LogP contribution in [0.25, 0.3) is 10.9 Å². The number of nitriles is 1. The maximum atomic E-state index is 13.4. The average molecular weight is 550 g/mol. The van der Waals surface area contributed by atoms with Crippen molar-refractivity contribution in [2.24, 2.45) is 11.8 Å². The van der Waals surface area contributed by atoms with Crippen LogP contribution in [0.1, 0.15) is 31.9 Å². The van der Waals surface area contributed by atoms with Gasteiger partial charge in [-0.1, -0.05) is 17.7 Å². The minimum absolute atomic E-state index is 0.00724. The second-order valence-corrected chi connectivity index (χ2v) is 9.91. The fourth-order valence-electron chi connectivity index (χ4n) is 5.07. The number of amides is 2. The van der Waals surface area contributed by atoms with Crippen LogP contribution in [0.3, 0.4) is 0 Å². The number of aromatic nitrogens is 2. The molecule has 1 aliphatic heterocycles. The minimum atomic E-state index is -0.803. The maximum Gasteiger partial charge on any atom is 0.331 e. The molecule has 1 fully saturated rings. The van der Waals surface area contributed by atoms with Gasteiger partial charge < -0.3 is 10.2 Å². The van der Waals surface area contributed by atoms with E-state index in [1.165, 1.54) is 28.5 Å². The number of hydrogen-bond donors (Lipinski definition) is 1. The highest BCUT2D eigenvalue weighted by molar-refractivity contribution is 6.31. The number of benzene rings is 2. The van der Waals surface area contributed by atoms with Crippen molar-refractivity contribution in [1.82, 2.24) is 14.0 Å². The quantitative estimate of drug-likeness (QED) is 0.481. The van der Waals surface area contributed by atoms with Gasteiger partial charge in [0.25, 0.3) is 5.56 Å². The molecule has 202 valence electrons. The van der Waals surface area contributed by atoms with Gasteiger partial charge in [0.15, 0.2) is 0 Å². The summed E-state index contributed by atoms with van der Waals surface area (Å²) in [4.78, 5) is 65.9. The number of anilines is 1. The topological polar surface area (TPSA) is 134 Å². The number of fused-ring (bicyclic) bond motifs is 1. The van der Waals surface area contributed by atoms with Gasteiger partial charge in [-0.05, 0) is 49.7 Å². The fourth-order valence-corrected chi connectivity index (χ4v) is 5.31. The summed E-state index contributed by atoms with van der Waals surface area (Å²) in [5.41, 5.74) is 0.872. The van der Waals surface area contributed by atoms with E-state index in [0.29, 0.717) is 34.3 Å². The van der Waals surface area contributed by atoms with Crippen molar-refractivity contribution in [1.29, 1.82) is 5.26 Å². The maximum absolute atomic E-state index is 13.4. The van der Waals surface area contributed by atoms with Gasteiger partial charge in [-0.15, -0.1) is 0 Å². The number of nitrogens with one attached hydrogen (secondary N) is 1. The van der Waals surface area contributed by atoms with Crippen LogP contribution in [0.2, 0.25) is 5.02 Å². The molecule has 3 aromatic rings. The highest BCUT2D eigenvalue weighted by Crippen LogP contribution is 2.28. The first-order valence-electron chi connectivity index (χ1n) is 12.6. The first-order chi connectivity index (χ1) is 18.6. The molecule has 4 rings (SSSR count). The molecule has 2 atom stereocenters. The third-order valence-electron chi connectivity index (χ3n) is 7.17. The standard InChI is InChI=1S/C28H28ClN5O5/c1-4-33-24-9-8-19(12-20(24)27(38)34(5-2)28(33)39)31-26(37)22-15-32(16(3)35)14-21(22)25(36)11-17-6-7-18(13-30)23(29)10-17/h6-10,12,21-22H,4-5,11,14-15H2,1-3H3,(H,31,37)/t21-,22-/m1/s1. The number of ketones is 1. The molecule has 0 aliphatic carbocycles. The Morgan fingerprint density at radius 3 is 2.33 bits per heavy atom. The molecule has 0 bridgehead atoms. The van der Waals surface area contributed by atoms with Crippen molar-refractivity contribution in [2.45, 2.75) is 40.3 Å². The molecule has 2 heterocycles. The zero-order valence-corrected chi connectivity index (χ0v) is 22.6. The number of carbonyl (C=O) groups is 3. The van der Waals surface area contributed by atoms with Crippen LogP contribution in [0.4, 0.5) is 5.69 Å². The van der Waals surface area contributed by atoms with Gasteiger partial charge in [0.2, 0.25) is 11.8 Å². The Kier molecular flexibility index (Phi) is 8.02. The minimum Gasteiger partial charge on any atom is -0.341 e. The number of likely N-dealkylation sites (tertiary alicyclic amines) is 1. The first-order valence-corrected chi connectivity index (χ1v) is 13.0. The van der Waals surface area contributed by atoms with E-state index in [1.807, 2.05) is 13.0 Å². The van der Waals surface area contributed by atoms with Crippen LogP contribution in [0.5, 0.6) is 0 Å². The van der Waals surface area contributed by atoms with Crippen molar-refractivity contribution in [3.05, 3.63) is 73.4 Å². The van der Waals surface area contributed by atoms with E-state index in [-0.39, 0.29) is 42.8 Å². The lowest BCUT2D eigenvalue weighted by Gasteiger charge is -2.18. The van der Waals surface area contributed by atoms with Crippen molar-refractivity contribution in [2.75, 3.05) is 18.4 Å².